The minimum atomic E-state index is -1.97. The van der Waals surface area contributed by atoms with E-state index in [0.717, 1.165) is 11.3 Å². The van der Waals surface area contributed by atoms with Crippen molar-refractivity contribution >= 4 is 14.2 Å². The van der Waals surface area contributed by atoms with Crippen LogP contribution in [0.4, 0.5) is 0 Å². The van der Waals surface area contributed by atoms with E-state index >= 15 is 0 Å². The van der Waals surface area contributed by atoms with Crippen LogP contribution in [0.25, 0.3) is 0 Å². The molecule has 0 aromatic heterocycles. The van der Waals surface area contributed by atoms with E-state index in [0.29, 0.717) is 6.54 Å². The molecule has 0 bridgehead atoms. The number of nitrogens with zero attached hydrogens (tertiary/aromatic N) is 1. The second kappa shape index (κ2) is 7.09. The summed E-state index contributed by atoms with van der Waals surface area (Å²) in [5.41, 5.74) is 0.963. The van der Waals surface area contributed by atoms with Gasteiger partial charge >= 0.3 is 0 Å². The molecule has 1 fully saturated rings. The zero-order valence-corrected chi connectivity index (χ0v) is 17.4. The van der Waals surface area contributed by atoms with Gasteiger partial charge in [-0.2, -0.15) is 0 Å². The lowest BCUT2D eigenvalue weighted by atomic mass is 9.90. The lowest BCUT2D eigenvalue weighted by Crippen LogP contribution is -2.65. The van der Waals surface area contributed by atoms with Crippen molar-refractivity contribution in [2.75, 3.05) is 7.11 Å². The summed E-state index contributed by atoms with van der Waals surface area (Å²) < 4.78 is 11.4. The maximum Gasteiger partial charge on any atom is 0.235 e. The highest BCUT2D eigenvalue weighted by Crippen LogP contribution is 2.40. The number of ether oxygens (including phenoxy) is 1. The van der Waals surface area contributed by atoms with E-state index in [1.54, 1.807) is 7.11 Å². The monoisotopic (exact) mass is 365 g/mol. The number of rotatable bonds is 6. The van der Waals surface area contributed by atoms with Crippen LogP contribution in [-0.2, 0) is 15.8 Å². The van der Waals surface area contributed by atoms with Gasteiger partial charge in [-0.05, 0) is 42.8 Å². The van der Waals surface area contributed by atoms with Gasteiger partial charge in [-0.1, -0.05) is 32.9 Å². The smallest absolute Gasteiger partial charge is 0.235 e. The molecule has 1 N–H and O–H groups in total. The van der Waals surface area contributed by atoms with Crippen LogP contribution >= 0.6 is 0 Å². The third-order valence-corrected chi connectivity index (χ3v) is 10.1. The SMILES string of the molecule is COc1ccc(CN2C(=O)[C@H]([C@@H](C)O[Si](C)(C)C(C)(C)C)[C@H]2O)cc1. The maximum atomic E-state index is 12.6. The molecule has 0 aliphatic carbocycles. The molecule has 0 spiro atoms. The van der Waals surface area contributed by atoms with E-state index in [9.17, 15) is 9.90 Å². The predicted octanol–water partition coefficient (Wildman–Crippen LogP) is 3.38. The number of likely N-dealkylation sites (tertiary alicyclic amines) is 1. The topological polar surface area (TPSA) is 59.0 Å². The summed E-state index contributed by atoms with van der Waals surface area (Å²) in [5, 5.41) is 10.6. The molecule has 1 aromatic rings. The average molecular weight is 366 g/mol. The van der Waals surface area contributed by atoms with Crippen molar-refractivity contribution in [3.05, 3.63) is 29.8 Å². The number of aliphatic hydroxyl groups is 1. The number of benzene rings is 1. The molecule has 25 heavy (non-hydrogen) atoms. The molecular weight excluding hydrogens is 334 g/mol. The standard InChI is InChI=1S/C19H31NO4Si/c1-13(24-25(6,7)19(2,3)4)16-17(21)20(18(16)22)12-14-8-10-15(23-5)11-9-14/h8-11,13,16-17,21H,12H2,1-7H3/t13-,16-,17-/m1/s1. The number of carbonyl (C=O) groups excluding carboxylic acids is 1. The van der Waals surface area contributed by atoms with Gasteiger partial charge in [0, 0.05) is 6.54 Å². The Morgan fingerprint density at radius 1 is 1.24 bits per heavy atom. The van der Waals surface area contributed by atoms with Crippen LogP contribution in [0.1, 0.15) is 33.3 Å². The number of amides is 1. The van der Waals surface area contributed by atoms with Gasteiger partial charge in [0.05, 0.1) is 13.2 Å². The van der Waals surface area contributed by atoms with Crippen LogP contribution in [0.2, 0.25) is 18.1 Å². The Balaban J connectivity index is 1.99. The van der Waals surface area contributed by atoms with Gasteiger partial charge in [0.1, 0.15) is 17.9 Å². The first-order valence-electron chi connectivity index (χ1n) is 8.77. The first-order chi connectivity index (χ1) is 11.5. The zero-order chi connectivity index (χ0) is 19.0. The fourth-order valence-corrected chi connectivity index (χ4v) is 4.25. The van der Waals surface area contributed by atoms with Gasteiger partial charge in [0.15, 0.2) is 8.32 Å². The second-order valence-electron chi connectivity index (χ2n) is 8.34. The fourth-order valence-electron chi connectivity index (χ4n) is 2.82. The number of hydrogen-bond donors (Lipinski definition) is 1. The largest absolute Gasteiger partial charge is 0.497 e. The Morgan fingerprint density at radius 3 is 2.24 bits per heavy atom. The summed E-state index contributed by atoms with van der Waals surface area (Å²) in [6, 6.07) is 7.52. The molecule has 2 rings (SSSR count). The molecule has 1 aliphatic rings. The normalized spacial score (nSPS) is 22.6. The molecule has 1 amide bonds. The van der Waals surface area contributed by atoms with Crippen molar-refractivity contribution in [3.8, 4) is 5.75 Å². The maximum absolute atomic E-state index is 12.6. The van der Waals surface area contributed by atoms with E-state index in [1.807, 2.05) is 31.2 Å². The van der Waals surface area contributed by atoms with E-state index < -0.39 is 20.5 Å². The highest BCUT2D eigenvalue weighted by molar-refractivity contribution is 6.74. The minimum absolute atomic E-state index is 0.0467. The van der Waals surface area contributed by atoms with Crippen molar-refractivity contribution in [1.29, 1.82) is 0 Å². The lowest BCUT2D eigenvalue weighted by molar-refractivity contribution is -0.193. The highest BCUT2D eigenvalue weighted by Gasteiger charge is 2.51. The van der Waals surface area contributed by atoms with Crippen molar-refractivity contribution in [2.45, 2.75) is 64.7 Å². The number of carbonyl (C=O) groups is 1. The van der Waals surface area contributed by atoms with Gasteiger partial charge < -0.3 is 19.2 Å². The summed E-state index contributed by atoms with van der Waals surface area (Å²) in [6.07, 6.45) is -1.08. The minimum Gasteiger partial charge on any atom is -0.497 e. The highest BCUT2D eigenvalue weighted by atomic mass is 28.4. The summed E-state index contributed by atoms with van der Waals surface area (Å²) >= 11 is 0. The van der Waals surface area contributed by atoms with Crippen molar-refractivity contribution in [2.24, 2.45) is 5.92 Å². The molecule has 140 valence electrons. The molecule has 1 aromatic carbocycles. The van der Waals surface area contributed by atoms with Crippen LogP contribution in [0.5, 0.6) is 5.75 Å². The number of methoxy groups -OCH3 is 1. The van der Waals surface area contributed by atoms with E-state index in [1.165, 1.54) is 4.90 Å². The summed E-state index contributed by atoms with van der Waals surface area (Å²) in [5.74, 6) is 0.246. The number of aliphatic hydroxyl groups excluding tert-OH is 1. The molecule has 1 saturated heterocycles. The molecule has 3 atom stereocenters. The average Bonchev–Trinajstić information content (AvgIpc) is 2.51. The van der Waals surface area contributed by atoms with E-state index in [-0.39, 0.29) is 17.0 Å². The number of hydrogen-bond acceptors (Lipinski definition) is 4. The molecular formula is C19H31NO4Si. The lowest BCUT2D eigenvalue weighted by Gasteiger charge is -2.49. The van der Waals surface area contributed by atoms with Crippen LogP contribution in [-0.4, -0.2) is 43.7 Å². The van der Waals surface area contributed by atoms with Gasteiger partial charge in [0.25, 0.3) is 0 Å². The molecule has 6 heteroatoms. The Kier molecular flexibility index (Phi) is 5.66. The van der Waals surface area contributed by atoms with Gasteiger partial charge in [-0.3, -0.25) is 4.79 Å². The predicted molar refractivity (Wildman–Crippen MR) is 101 cm³/mol. The van der Waals surface area contributed by atoms with Crippen molar-refractivity contribution in [1.82, 2.24) is 4.90 Å². The Bertz CT molecular complexity index is 609. The third-order valence-electron chi connectivity index (χ3n) is 5.51. The van der Waals surface area contributed by atoms with Crippen molar-refractivity contribution < 1.29 is 19.1 Å². The number of β-lactam (4-membered cyclic amide) rings is 1. The van der Waals surface area contributed by atoms with Gasteiger partial charge in [0.2, 0.25) is 5.91 Å². The molecule has 5 nitrogen and oxygen atoms in total. The zero-order valence-electron chi connectivity index (χ0n) is 16.4. The summed E-state index contributed by atoms with van der Waals surface area (Å²) in [6.45, 7) is 13.1. The van der Waals surface area contributed by atoms with Crippen LogP contribution in [0.15, 0.2) is 24.3 Å². The summed E-state index contributed by atoms with van der Waals surface area (Å²) in [7, 11) is -0.358. The van der Waals surface area contributed by atoms with Crippen LogP contribution in [0.3, 0.4) is 0 Å². The molecule has 0 radical (unpaired) electrons. The molecule has 1 heterocycles. The van der Waals surface area contributed by atoms with E-state index in [4.69, 9.17) is 9.16 Å². The fraction of sp³-hybridized carbons (Fsp3) is 0.632. The van der Waals surface area contributed by atoms with E-state index in [2.05, 4.69) is 33.9 Å². The first kappa shape index (κ1) is 19.9. The first-order valence-corrected chi connectivity index (χ1v) is 11.7. The molecule has 0 saturated carbocycles. The molecule has 0 unspecified atom stereocenters. The summed E-state index contributed by atoms with van der Waals surface area (Å²) in [4.78, 5) is 14.1. The van der Waals surface area contributed by atoms with Gasteiger partial charge in [-0.15, -0.1) is 0 Å². The second-order valence-corrected chi connectivity index (χ2v) is 13.1. The molecule has 1 aliphatic heterocycles. The Morgan fingerprint density at radius 2 is 1.80 bits per heavy atom. The Hall–Kier alpha value is -1.37. The quantitative estimate of drug-likeness (QED) is 0.620. The Labute approximate surface area is 152 Å². The van der Waals surface area contributed by atoms with Crippen LogP contribution < -0.4 is 4.74 Å². The van der Waals surface area contributed by atoms with Crippen molar-refractivity contribution in [3.63, 3.8) is 0 Å². The van der Waals surface area contributed by atoms with Gasteiger partial charge in [-0.25, -0.2) is 0 Å². The third kappa shape index (κ3) is 4.07. The van der Waals surface area contributed by atoms with Crippen LogP contribution in [0, 0.1) is 5.92 Å².